The van der Waals surface area contributed by atoms with Gasteiger partial charge in [-0.25, -0.2) is 12.8 Å². The van der Waals surface area contributed by atoms with Gasteiger partial charge in [0.1, 0.15) is 11.5 Å². The minimum atomic E-state index is -3.90. The van der Waals surface area contributed by atoms with Crippen LogP contribution in [0.1, 0.15) is 11.5 Å². The fourth-order valence-corrected chi connectivity index (χ4v) is 3.43. The first-order valence-electron chi connectivity index (χ1n) is 6.15. The van der Waals surface area contributed by atoms with Crippen LogP contribution in [0.2, 0.25) is 0 Å². The van der Waals surface area contributed by atoms with Gasteiger partial charge in [-0.2, -0.15) is 0 Å². The summed E-state index contributed by atoms with van der Waals surface area (Å²) in [7, 11) is -0.430. The van der Waals surface area contributed by atoms with E-state index in [0.717, 1.165) is 6.07 Å². The van der Waals surface area contributed by atoms with E-state index < -0.39 is 15.8 Å². The predicted octanol–water partition coefficient (Wildman–Crippen LogP) is 2.30. The molecule has 2 rings (SSSR count). The van der Waals surface area contributed by atoms with Gasteiger partial charge in [0.2, 0.25) is 0 Å². The minimum Gasteiger partial charge on any atom is -0.376 e. The summed E-state index contributed by atoms with van der Waals surface area (Å²) in [5, 5.41) is 3.62. The van der Waals surface area contributed by atoms with Crippen LogP contribution in [0.5, 0.6) is 0 Å². The number of hydrogen-bond acceptors (Lipinski definition) is 5. The molecule has 6 nitrogen and oxygen atoms in total. The molecule has 1 aromatic carbocycles. The van der Waals surface area contributed by atoms with Gasteiger partial charge in [0.25, 0.3) is 10.0 Å². The largest absolute Gasteiger partial charge is 0.376 e. The van der Waals surface area contributed by atoms with Crippen LogP contribution in [-0.4, -0.2) is 27.7 Å². The zero-order chi connectivity index (χ0) is 15.8. The Balaban J connectivity index is 2.49. The molecule has 21 heavy (non-hydrogen) atoms. The maximum absolute atomic E-state index is 13.4. The zero-order valence-corrected chi connectivity index (χ0v) is 13.0. The Morgan fingerprint density at radius 1 is 1.29 bits per heavy atom. The lowest BCUT2D eigenvalue weighted by atomic mass is 10.2. The Kier molecular flexibility index (Phi) is 3.91. The molecule has 1 aromatic heterocycles. The second-order valence-corrected chi connectivity index (χ2v) is 6.43. The highest BCUT2D eigenvalue weighted by molar-refractivity contribution is 7.92. The number of nitrogens with zero attached hydrogens (tertiary/aromatic N) is 2. The molecule has 0 saturated heterocycles. The molecule has 114 valence electrons. The van der Waals surface area contributed by atoms with Crippen molar-refractivity contribution in [2.45, 2.75) is 18.7 Å². The van der Waals surface area contributed by atoms with Crippen molar-refractivity contribution in [3.63, 3.8) is 0 Å². The van der Waals surface area contributed by atoms with Crippen LogP contribution in [0.15, 0.2) is 27.6 Å². The van der Waals surface area contributed by atoms with Gasteiger partial charge in [0.05, 0.1) is 11.4 Å². The van der Waals surface area contributed by atoms with Gasteiger partial charge in [0, 0.05) is 20.2 Å². The van der Waals surface area contributed by atoms with Crippen molar-refractivity contribution >= 4 is 21.4 Å². The van der Waals surface area contributed by atoms with Crippen LogP contribution in [0.3, 0.4) is 0 Å². The SMILES string of the molecule is Cc1noc(C)c1S(=O)(=O)Nc1cc(F)ccc1N(C)C. The molecule has 0 aliphatic heterocycles. The van der Waals surface area contributed by atoms with Crippen LogP contribution in [0.4, 0.5) is 15.8 Å². The Labute approximate surface area is 122 Å². The normalized spacial score (nSPS) is 11.5. The quantitative estimate of drug-likeness (QED) is 0.937. The molecule has 0 amide bonds. The molecule has 0 aliphatic rings. The van der Waals surface area contributed by atoms with E-state index in [-0.39, 0.29) is 22.0 Å². The minimum absolute atomic E-state index is 0.0310. The molecule has 1 N–H and O–H groups in total. The standard InChI is InChI=1S/C13H16FN3O3S/c1-8-13(9(2)20-15-8)21(18,19)16-11-7-10(14)5-6-12(11)17(3)4/h5-7,16H,1-4H3. The van der Waals surface area contributed by atoms with Gasteiger partial charge in [0.15, 0.2) is 10.7 Å². The lowest BCUT2D eigenvalue weighted by Gasteiger charge is -2.18. The highest BCUT2D eigenvalue weighted by atomic mass is 32.2. The van der Waals surface area contributed by atoms with Gasteiger partial charge in [-0.3, -0.25) is 4.72 Å². The van der Waals surface area contributed by atoms with Crippen molar-refractivity contribution in [3.05, 3.63) is 35.5 Å². The number of nitrogens with one attached hydrogen (secondary N) is 1. The van der Waals surface area contributed by atoms with E-state index in [9.17, 15) is 12.8 Å². The van der Waals surface area contributed by atoms with Crippen molar-refractivity contribution in [2.24, 2.45) is 0 Å². The number of aryl methyl sites for hydroxylation is 2. The number of halogens is 1. The van der Waals surface area contributed by atoms with E-state index >= 15 is 0 Å². The van der Waals surface area contributed by atoms with E-state index in [0.29, 0.717) is 5.69 Å². The first kappa shape index (κ1) is 15.3. The molecule has 0 saturated carbocycles. The maximum atomic E-state index is 13.4. The zero-order valence-electron chi connectivity index (χ0n) is 12.1. The number of anilines is 2. The lowest BCUT2D eigenvalue weighted by molar-refractivity contribution is 0.390. The second kappa shape index (κ2) is 5.36. The summed E-state index contributed by atoms with van der Waals surface area (Å²) in [6.07, 6.45) is 0. The molecule has 0 spiro atoms. The number of hydrogen-bond donors (Lipinski definition) is 1. The number of sulfonamides is 1. The molecule has 0 bridgehead atoms. The van der Waals surface area contributed by atoms with Crippen LogP contribution in [0.25, 0.3) is 0 Å². The molecule has 0 fully saturated rings. The monoisotopic (exact) mass is 313 g/mol. The van der Waals surface area contributed by atoms with Crippen LogP contribution in [0, 0.1) is 19.7 Å². The van der Waals surface area contributed by atoms with Gasteiger partial charge in [-0.05, 0) is 26.0 Å². The fourth-order valence-electron chi connectivity index (χ4n) is 2.03. The summed E-state index contributed by atoms with van der Waals surface area (Å²) < 4.78 is 45.5. The Morgan fingerprint density at radius 3 is 2.48 bits per heavy atom. The Hall–Kier alpha value is -2.09. The summed E-state index contributed by atoms with van der Waals surface area (Å²) in [6.45, 7) is 3.04. The summed E-state index contributed by atoms with van der Waals surface area (Å²) >= 11 is 0. The smallest absolute Gasteiger partial charge is 0.267 e. The highest BCUT2D eigenvalue weighted by Crippen LogP contribution is 2.29. The molecule has 0 atom stereocenters. The highest BCUT2D eigenvalue weighted by Gasteiger charge is 2.25. The van der Waals surface area contributed by atoms with Crippen LogP contribution >= 0.6 is 0 Å². The topological polar surface area (TPSA) is 75.4 Å². The molecule has 0 aliphatic carbocycles. The van der Waals surface area contributed by atoms with Gasteiger partial charge >= 0.3 is 0 Å². The average Bonchev–Trinajstić information content (AvgIpc) is 2.68. The second-order valence-electron chi connectivity index (χ2n) is 4.81. The van der Waals surface area contributed by atoms with Gasteiger partial charge in [-0.15, -0.1) is 0 Å². The summed E-state index contributed by atoms with van der Waals surface area (Å²) in [5.41, 5.74) is 0.953. The third-order valence-corrected chi connectivity index (χ3v) is 4.53. The van der Waals surface area contributed by atoms with Crippen LogP contribution < -0.4 is 9.62 Å². The molecule has 2 aromatic rings. The third kappa shape index (κ3) is 2.99. The van der Waals surface area contributed by atoms with E-state index in [4.69, 9.17) is 4.52 Å². The molecule has 0 radical (unpaired) electrons. The summed E-state index contributed by atoms with van der Waals surface area (Å²) in [4.78, 5) is 1.65. The fraction of sp³-hybridized carbons (Fsp3) is 0.308. The van der Waals surface area contributed by atoms with E-state index in [1.165, 1.54) is 26.0 Å². The molecular formula is C13H16FN3O3S. The first-order chi connectivity index (χ1) is 9.72. The van der Waals surface area contributed by atoms with Crippen molar-refractivity contribution in [3.8, 4) is 0 Å². The van der Waals surface area contributed by atoms with Crippen molar-refractivity contribution < 1.29 is 17.3 Å². The number of benzene rings is 1. The van der Waals surface area contributed by atoms with Crippen LogP contribution in [-0.2, 0) is 10.0 Å². The first-order valence-corrected chi connectivity index (χ1v) is 7.63. The van der Waals surface area contributed by atoms with E-state index in [1.54, 1.807) is 19.0 Å². The van der Waals surface area contributed by atoms with Gasteiger partial charge < -0.3 is 9.42 Å². The predicted molar refractivity (Wildman–Crippen MR) is 77.5 cm³/mol. The molecule has 8 heteroatoms. The summed E-state index contributed by atoms with van der Waals surface area (Å²) in [5.74, 6) is -0.347. The summed E-state index contributed by atoms with van der Waals surface area (Å²) in [6, 6.07) is 3.90. The lowest BCUT2D eigenvalue weighted by Crippen LogP contribution is -2.18. The Morgan fingerprint density at radius 2 is 1.95 bits per heavy atom. The molecular weight excluding hydrogens is 297 g/mol. The average molecular weight is 313 g/mol. The Bertz CT molecular complexity index is 749. The van der Waals surface area contributed by atoms with E-state index in [1.807, 2.05) is 0 Å². The number of rotatable bonds is 4. The molecule has 0 unspecified atom stereocenters. The molecule has 1 heterocycles. The van der Waals surface area contributed by atoms with Crippen molar-refractivity contribution in [1.82, 2.24) is 5.16 Å². The van der Waals surface area contributed by atoms with Crippen molar-refractivity contribution in [1.29, 1.82) is 0 Å². The van der Waals surface area contributed by atoms with Gasteiger partial charge in [-0.1, -0.05) is 5.16 Å². The number of aromatic nitrogens is 1. The van der Waals surface area contributed by atoms with Crippen molar-refractivity contribution in [2.75, 3.05) is 23.7 Å². The third-order valence-electron chi connectivity index (χ3n) is 2.92. The van der Waals surface area contributed by atoms with E-state index in [2.05, 4.69) is 9.88 Å². The maximum Gasteiger partial charge on any atom is 0.267 e.